The number of rotatable bonds is 9. The van der Waals surface area contributed by atoms with Gasteiger partial charge in [0.15, 0.2) is 18.4 Å². The van der Waals surface area contributed by atoms with E-state index in [0.717, 1.165) is 0 Å². The molecular formula is C23H23NO9. The number of carboxylic acids is 1. The zero-order valence-electron chi connectivity index (χ0n) is 18.2. The average molecular weight is 457 g/mol. The Bertz CT molecular complexity index is 1110. The molecule has 2 aromatic rings. The number of carboxylic acid groups (broad SMARTS) is 1. The molecule has 0 aliphatic carbocycles. The lowest BCUT2D eigenvalue weighted by Gasteiger charge is -2.17. The first-order chi connectivity index (χ1) is 15.7. The topological polar surface area (TPSA) is 141 Å². The van der Waals surface area contributed by atoms with Crippen LogP contribution < -0.4 is 24.3 Å². The lowest BCUT2D eigenvalue weighted by Crippen LogP contribution is -2.49. The molecule has 0 fully saturated rings. The number of ketones is 1. The standard InChI is InChI=1S/C23H23NO9/c1-12(25)21(23(28)29)24-20(26)11-32-15-6-7-16-18(10-15)33-19(22(16)27)8-13-4-5-14(30-2)9-17(13)31-3/h4-10,12,21,25H,11H2,1-3H3,(H,24,26)(H,28,29)/b19-8-/t12?,21-/m1/s1. The number of nitrogens with one attached hydrogen (secondary N) is 1. The van der Waals surface area contributed by atoms with Crippen molar-refractivity contribution in [1.29, 1.82) is 0 Å². The summed E-state index contributed by atoms with van der Waals surface area (Å²) >= 11 is 0. The third-order valence-corrected chi connectivity index (χ3v) is 4.80. The Balaban J connectivity index is 1.70. The Morgan fingerprint density at radius 2 is 1.85 bits per heavy atom. The van der Waals surface area contributed by atoms with Crippen molar-refractivity contribution in [2.45, 2.75) is 19.1 Å². The molecule has 0 saturated heterocycles. The molecule has 1 unspecified atom stereocenters. The highest BCUT2D eigenvalue weighted by Gasteiger charge is 2.29. The van der Waals surface area contributed by atoms with Crippen molar-refractivity contribution in [2.75, 3.05) is 20.8 Å². The number of aliphatic carboxylic acids is 1. The Morgan fingerprint density at radius 3 is 2.48 bits per heavy atom. The van der Waals surface area contributed by atoms with Crippen molar-refractivity contribution >= 4 is 23.7 Å². The minimum absolute atomic E-state index is 0.0876. The molecule has 174 valence electrons. The zero-order valence-corrected chi connectivity index (χ0v) is 18.2. The minimum atomic E-state index is -1.45. The first kappa shape index (κ1) is 23.6. The number of hydrogen-bond donors (Lipinski definition) is 3. The SMILES string of the molecule is COc1ccc(/C=C2\Oc3cc(OCC(=O)N[C@@H](C(=O)O)C(C)O)ccc3C2=O)c(OC)c1. The van der Waals surface area contributed by atoms with Gasteiger partial charge in [0.05, 0.1) is 25.9 Å². The third-order valence-electron chi connectivity index (χ3n) is 4.80. The highest BCUT2D eigenvalue weighted by molar-refractivity contribution is 6.14. The molecule has 0 spiro atoms. The predicted octanol–water partition coefficient (Wildman–Crippen LogP) is 1.65. The van der Waals surface area contributed by atoms with Gasteiger partial charge in [-0.1, -0.05) is 0 Å². The maximum Gasteiger partial charge on any atom is 0.328 e. The summed E-state index contributed by atoms with van der Waals surface area (Å²) in [5.41, 5.74) is 0.944. The van der Waals surface area contributed by atoms with Crippen LogP contribution in [-0.4, -0.2) is 60.8 Å². The number of benzene rings is 2. The van der Waals surface area contributed by atoms with Gasteiger partial charge in [0.25, 0.3) is 5.91 Å². The quantitative estimate of drug-likeness (QED) is 0.479. The summed E-state index contributed by atoms with van der Waals surface area (Å²) in [4.78, 5) is 35.7. The number of ether oxygens (including phenoxy) is 4. The number of fused-ring (bicyclic) bond motifs is 1. The van der Waals surface area contributed by atoms with Gasteiger partial charge >= 0.3 is 5.97 Å². The normalized spacial score (nSPS) is 15.3. The van der Waals surface area contributed by atoms with Gasteiger partial charge in [0, 0.05) is 17.7 Å². The summed E-state index contributed by atoms with van der Waals surface area (Å²) in [6.07, 6.45) is 0.275. The van der Waals surface area contributed by atoms with Crippen LogP contribution in [0.15, 0.2) is 42.2 Å². The Labute approximate surface area is 189 Å². The van der Waals surface area contributed by atoms with Crippen LogP contribution in [0.4, 0.5) is 0 Å². The molecule has 2 aromatic carbocycles. The van der Waals surface area contributed by atoms with Crippen LogP contribution in [-0.2, 0) is 9.59 Å². The molecule has 3 rings (SSSR count). The second kappa shape index (κ2) is 10.0. The predicted molar refractivity (Wildman–Crippen MR) is 116 cm³/mol. The van der Waals surface area contributed by atoms with Crippen LogP contribution in [0, 0.1) is 0 Å². The van der Waals surface area contributed by atoms with E-state index in [-0.39, 0.29) is 23.0 Å². The molecular weight excluding hydrogens is 434 g/mol. The lowest BCUT2D eigenvalue weighted by molar-refractivity contribution is -0.145. The second-order valence-corrected chi connectivity index (χ2v) is 7.12. The van der Waals surface area contributed by atoms with Gasteiger partial charge in [-0.15, -0.1) is 0 Å². The molecule has 1 aliphatic heterocycles. The van der Waals surface area contributed by atoms with E-state index >= 15 is 0 Å². The molecule has 0 saturated carbocycles. The molecule has 10 nitrogen and oxygen atoms in total. The van der Waals surface area contributed by atoms with Crippen LogP contribution in [0.1, 0.15) is 22.8 Å². The van der Waals surface area contributed by atoms with Crippen molar-refractivity contribution < 1.29 is 43.5 Å². The van der Waals surface area contributed by atoms with Gasteiger partial charge in [-0.05, 0) is 37.3 Å². The molecule has 2 atom stereocenters. The van der Waals surface area contributed by atoms with E-state index in [1.54, 1.807) is 24.3 Å². The van der Waals surface area contributed by atoms with Gasteiger partial charge in [0.1, 0.15) is 23.0 Å². The van der Waals surface area contributed by atoms with E-state index in [9.17, 15) is 19.5 Å². The molecule has 0 aromatic heterocycles. The first-order valence-corrected chi connectivity index (χ1v) is 9.86. The monoisotopic (exact) mass is 457 g/mol. The van der Waals surface area contributed by atoms with Crippen LogP contribution >= 0.6 is 0 Å². The fourth-order valence-electron chi connectivity index (χ4n) is 3.09. The van der Waals surface area contributed by atoms with Crippen LogP contribution in [0.25, 0.3) is 6.08 Å². The van der Waals surface area contributed by atoms with Gasteiger partial charge in [0.2, 0.25) is 5.78 Å². The summed E-state index contributed by atoms with van der Waals surface area (Å²) in [5.74, 6) is -0.736. The second-order valence-electron chi connectivity index (χ2n) is 7.12. The highest BCUT2D eigenvalue weighted by atomic mass is 16.5. The van der Waals surface area contributed by atoms with Crippen molar-refractivity contribution in [3.05, 3.63) is 53.3 Å². The summed E-state index contributed by atoms with van der Waals surface area (Å²) in [6, 6.07) is 8.14. The minimum Gasteiger partial charge on any atom is -0.497 e. The van der Waals surface area contributed by atoms with Crippen LogP contribution in [0.2, 0.25) is 0 Å². The fraction of sp³-hybridized carbons (Fsp3) is 0.261. The van der Waals surface area contributed by atoms with Gasteiger partial charge in [-0.3, -0.25) is 9.59 Å². The van der Waals surface area contributed by atoms with E-state index in [0.29, 0.717) is 22.6 Å². The number of allylic oxidation sites excluding steroid dienone is 1. The third kappa shape index (κ3) is 5.42. The number of amides is 1. The molecule has 1 heterocycles. The fourth-order valence-corrected chi connectivity index (χ4v) is 3.09. The maximum atomic E-state index is 12.7. The van der Waals surface area contributed by atoms with Crippen molar-refractivity contribution in [1.82, 2.24) is 5.32 Å². The number of hydrogen-bond acceptors (Lipinski definition) is 8. The average Bonchev–Trinajstić information content (AvgIpc) is 3.10. The number of aliphatic hydroxyl groups is 1. The van der Waals surface area contributed by atoms with Gasteiger partial charge in [-0.2, -0.15) is 0 Å². The molecule has 0 radical (unpaired) electrons. The first-order valence-electron chi connectivity index (χ1n) is 9.86. The Hall–Kier alpha value is -4.05. The number of carbonyl (C=O) groups is 3. The number of carbonyl (C=O) groups excluding carboxylic acids is 2. The van der Waals surface area contributed by atoms with Crippen molar-refractivity contribution in [3.8, 4) is 23.0 Å². The molecule has 0 bridgehead atoms. The van der Waals surface area contributed by atoms with Gasteiger partial charge in [-0.25, -0.2) is 4.79 Å². The number of aliphatic hydroxyl groups excluding tert-OH is 1. The Kier molecular flexibility index (Phi) is 7.19. The van der Waals surface area contributed by atoms with E-state index in [2.05, 4.69) is 5.32 Å². The van der Waals surface area contributed by atoms with Gasteiger partial charge < -0.3 is 34.5 Å². The number of methoxy groups -OCH3 is 2. The van der Waals surface area contributed by atoms with E-state index in [1.807, 2.05) is 0 Å². The molecule has 10 heteroatoms. The smallest absolute Gasteiger partial charge is 0.328 e. The van der Waals surface area contributed by atoms with Crippen LogP contribution in [0.3, 0.4) is 0 Å². The summed E-state index contributed by atoms with van der Waals surface area (Å²) in [6.45, 7) is 0.760. The molecule has 33 heavy (non-hydrogen) atoms. The highest BCUT2D eigenvalue weighted by Crippen LogP contribution is 2.36. The van der Waals surface area contributed by atoms with E-state index in [4.69, 9.17) is 24.1 Å². The van der Waals surface area contributed by atoms with Crippen molar-refractivity contribution in [3.63, 3.8) is 0 Å². The summed E-state index contributed by atoms with van der Waals surface area (Å²) in [5, 5.41) is 20.6. The van der Waals surface area contributed by atoms with E-state index < -0.39 is 30.6 Å². The molecule has 1 aliphatic rings. The van der Waals surface area contributed by atoms with Crippen molar-refractivity contribution in [2.24, 2.45) is 0 Å². The lowest BCUT2D eigenvalue weighted by atomic mass is 10.1. The van der Waals surface area contributed by atoms with Crippen LogP contribution in [0.5, 0.6) is 23.0 Å². The maximum absolute atomic E-state index is 12.7. The number of Topliss-reactive ketones (excluding diaryl/α,β-unsaturated/α-hetero) is 1. The zero-order chi connectivity index (χ0) is 24.1. The largest absolute Gasteiger partial charge is 0.497 e. The molecule has 1 amide bonds. The Morgan fingerprint density at radius 1 is 1.12 bits per heavy atom. The summed E-state index contributed by atoms with van der Waals surface area (Å²) in [7, 11) is 3.04. The molecule has 3 N–H and O–H groups in total. The van der Waals surface area contributed by atoms with E-state index in [1.165, 1.54) is 39.3 Å². The summed E-state index contributed by atoms with van der Waals surface area (Å²) < 4.78 is 21.6.